The lowest BCUT2D eigenvalue weighted by Gasteiger charge is -2.18. The lowest BCUT2D eigenvalue weighted by atomic mass is 9.88. The Kier molecular flexibility index (Phi) is 9.49. The van der Waals surface area contributed by atoms with Crippen molar-refractivity contribution in [2.45, 2.75) is 66.7 Å². The van der Waals surface area contributed by atoms with Crippen LogP contribution in [0.15, 0.2) is 11.6 Å². The molecule has 0 aromatic carbocycles. The van der Waals surface area contributed by atoms with Gasteiger partial charge in [0.15, 0.2) is 0 Å². The van der Waals surface area contributed by atoms with Crippen LogP contribution in [-0.4, -0.2) is 6.67 Å². The van der Waals surface area contributed by atoms with Gasteiger partial charge in [0.05, 0.1) is 0 Å². The predicted molar refractivity (Wildman–Crippen MR) is 76.0 cm³/mol. The van der Waals surface area contributed by atoms with Crippen LogP contribution in [0.2, 0.25) is 0 Å². The molecule has 0 N–H and O–H groups in total. The summed E-state index contributed by atoms with van der Waals surface area (Å²) in [5, 5.41) is 0. The van der Waals surface area contributed by atoms with Crippen LogP contribution in [0.3, 0.4) is 0 Å². The molecule has 1 heteroatoms. The molecule has 0 saturated heterocycles. The van der Waals surface area contributed by atoms with Gasteiger partial charge in [-0.05, 0) is 36.2 Å². The molecule has 0 radical (unpaired) electrons. The Labute approximate surface area is 108 Å². The third-order valence-electron chi connectivity index (χ3n) is 3.38. The van der Waals surface area contributed by atoms with Gasteiger partial charge in [-0.1, -0.05) is 60.0 Å². The minimum absolute atomic E-state index is 0.278. The van der Waals surface area contributed by atoms with Gasteiger partial charge in [-0.25, -0.2) is 4.39 Å². The number of unbranched alkanes of at least 4 members (excludes halogenated alkanes) is 1. The number of rotatable bonds is 9. The summed E-state index contributed by atoms with van der Waals surface area (Å²) >= 11 is 0. The molecule has 0 rings (SSSR count). The van der Waals surface area contributed by atoms with Crippen LogP contribution in [0.5, 0.6) is 0 Å². The predicted octanol–water partition coefficient (Wildman–Crippen LogP) is 5.78. The Balaban J connectivity index is 4.30. The molecule has 102 valence electrons. The van der Waals surface area contributed by atoms with Crippen LogP contribution in [0.4, 0.5) is 4.39 Å². The summed E-state index contributed by atoms with van der Waals surface area (Å²) in [4.78, 5) is 0. The zero-order valence-corrected chi connectivity index (χ0v) is 12.4. The number of alkyl halides is 1. The molecule has 0 aromatic heterocycles. The van der Waals surface area contributed by atoms with Crippen LogP contribution >= 0.6 is 0 Å². The maximum Gasteiger partial charge on any atom is 0.111 e. The molecule has 0 bridgehead atoms. The highest BCUT2D eigenvalue weighted by atomic mass is 19.1. The van der Waals surface area contributed by atoms with Crippen molar-refractivity contribution in [3.8, 4) is 0 Å². The van der Waals surface area contributed by atoms with Crippen molar-refractivity contribution in [3.05, 3.63) is 11.6 Å². The van der Waals surface area contributed by atoms with Crippen LogP contribution in [0, 0.1) is 17.8 Å². The fraction of sp³-hybridized carbons (Fsp3) is 0.875. The lowest BCUT2D eigenvalue weighted by Crippen LogP contribution is -2.05. The third-order valence-corrected chi connectivity index (χ3v) is 3.38. The average molecular weight is 242 g/mol. The quantitative estimate of drug-likeness (QED) is 0.449. The first kappa shape index (κ1) is 16.7. The lowest BCUT2D eigenvalue weighted by molar-refractivity contribution is 0.376. The molecule has 0 aromatic rings. The second-order valence-electron chi connectivity index (χ2n) is 5.94. The highest BCUT2D eigenvalue weighted by molar-refractivity contribution is 5.05. The van der Waals surface area contributed by atoms with Crippen molar-refractivity contribution in [1.82, 2.24) is 0 Å². The van der Waals surface area contributed by atoms with Gasteiger partial charge in [-0.15, -0.1) is 0 Å². The SMILES string of the molecule is CCCCC(CC=C(CF)C(C)C)CC(C)C. The normalized spacial score (nSPS) is 14.7. The molecule has 0 fully saturated rings. The zero-order chi connectivity index (χ0) is 13.3. The summed E-state index contributed by atoms with van der Waals surface area (Å²) in [6, 6.07) is 0. The van der Waals surface area contributed by atoms with E-state index < -0.39 is 0 Å². The molecular weight excluding hydrogens is 211 g/mol. The molecule has 0 heterocycles. The first-order chi connectivity index (χ1) is 8.01. The van der Waals surface area contributed by atoms with Gasteiger partial charge in [0.2, 0.25) is 0 Å². The van der Waals surface area contributed by atoms with Crippen LogP contribution < -0.4 is 0 Å². The van der Waals surface area contributed by atoms with Gasteiger partial charge in [0.25, 0.3) is 0 Å². The molecule has 0 spiro atoms. The minimum Gasteiger partial charge on any atom is -0.246 e. The maximum absolute atomic E-state index is 12.8. The Hall–Kier alpha value is -0.330. The molecular formula is C16H31F. The molecule has 1 atom stereocenters. The topological polar surface area (TPSA) is 0 Å². The smallest absolute Gasteiger partial charge is 0.111 e. The fourth-order valence-corrected chi connectivity index (χ4v) is 2.25. The molecule has 0 aliphatic heterocycles. The van der Waals surface area contributed by atoms with Crippen LogP contribution in [0.1, 0.15) is 66.7 Å². The van der Waals surface area contributed by atoms with E-state index in [4.69, 9.17) is 0 Å². The van der Waals surface area contributed by atoms with Crippen molar-refractivity contribution in [2.24, 2.45) is 17.8 Å². The van der Waals surface area contributed by atoms with Gasteiger partial charge >= 0.3 is 0 Å². The zero-order valence-electron chi connectivity index (χ0n) is 12.4. The number of halogens is 1. The first-order valence-electron chi connectivity index (χ1n) is 7.26. The van der Waals surface area contributed by atoms with Gasteiger partial charge in [-0.2, -0.15) is 0 Å². The summed E-state index contributed by atoms with van der Waals surface area (Å²) < 4.78 is 12.8. The summed E-state index contributed by atoms with van der Waals surface area (Å²) in [6.07, 6.45) is 8.36. The van der Waals surface area contributed by atoms with Gasteiger partial charge in [-0.3, -0.25) is 0 Å². The molecule has 17 heavy (non-hydrogen) atoms. The average Bonchev–Trinajstić information content (AvgIpc) is 2.25. The van der Waals surface area contributed by atoms with Gasteiger partial charge < -0.3 is 0 Å². The minimum atomic E-state index is -0.278. The Morgan fingerprint density at radius 3 is 2.24 bits per heavy atom. The van der Waals surface area contributed by atoms with E-state index in [1.165, 1.54) is 25.7 Å². The molecule has 1 unspecified atom stereocenters. The van der Waals surface area contributed by atoms with Crippen LogP contribution in [-0.2, 0) is 0 Å². The number of allylic oxidation sites excluding steroid dienone is 2. The van der Waals surface area contributed by atoms with E-state index in [0.717, 1.165) is 23.8 Å². The molecule has 0 aliphatic carbocycles. The summed E-state index contributed by atoms with van der Waals surface area (Å²) in [6.45, 7) is 10.7. The Morgan fingerprint density at radius 1 is 1.18 bits per heavy atom. The van der Waals surface area contributed by atoms with Crippen molar-refractivity contribution < 1.29 is 4.39 Å². The highest BCUT2D eigenvalue weighted by Crippen LogP contribution is 2.23. The van der Waals surface area contributed by atoms with E-state index in [9.17, 15) is 4.39 Å². The molecule has 0 saturated carbocycles. The summed E-state index contributed by atoms with van der Waals surface area (Å²) in [7, 11) is 0. The Morgan fingerprint density at radius 2 is 1.82 bits per heavy atom. The highest BCUT2D eigenvalue weighted by Gasteiger charge is 2.10. The fourth-order valence-electron chi connectivity index (χ4n) is 2.25. The van der Waals surface area contributed by atoms with E-state index in [0.29, 0.717) is 5.92 Å². The van der Waals surface area contributed by atoms with Crippen molar-refractivity contribution >= 4 is 0 Å². The van der Waals surface area contributed by atoms with Crippen molar-refractivity contribution in [1.29, 1.82) is 0 Å². The standard InChI is InChI=1S/C16H31F/c1-6-7-8-15(11-13(2)3)9-10-16(12-17)14(4)5/h10,13-15H,6-9,11-12H2,1-5H3. The maximum atomic E-state index is 12.8. The summed E-state index contributed by atoms with van der Waals surface area (Å²) in [5.41, 5.74) is 0.982. The summed E-state index contributed by atoms with van der Waals surface area (Å²) in [5.74, 6) is 1.85. The van der Waals surface area contributed by atoms with Crippen molar-refractivity contribution in [2.75, 3.05) is 6.67 Å². The first-order valence-corrected chi connectivity index (χ1v) is 7.26. The van der Waals surface area contributed by atoms with E-state index in [1.54, 1.807) is 0 Å². The Bertz CT molecular complexity index is 204. The second-order valence-corrected chi connectivity index (χ2v) is 5.94. The third kappa shape index (κ3) is 8.40. The van der Waals surface area contributed by atoms with E-state index >= 15 is 0 Å². The molecule has 0 amide bonds. The van der Waals surface area contributed by atoms with Crippen molar-refractivity contribution in [3.63, 3.8) is 0 Å². The van der Waals surface area contributed by atoms with E-state index in [-0.39, 0.29) is 6.67 Å². The molecule has 0 nitrogen and oxygen atoms in total. The van der Waals surface area contributed by atoms with Gasteiger partial charge in [0, 0.05) is 0 Å². The number of hydrogen-bond acceptors (Lipinski definition) is 0. The van der Waals surface area contributed by atoms with Crippen LogP contribution in [0.25, 0.3) is 0 Å². The largest absolute Gasteiger partial charge is 0.246 e. The molecule has 0 aliphatic rings. The van der Waals surface area contributed by atoms with E-state index in [2.05, 4.69) is 40.7 Å². The second kappa shape index (κ2) is 9.67. The van der Waals surface area contributed by atoms with E-state index in [1.807, 2.05) is 0 Å². The monoisotopic (exact) mass is 242 g/mol. The van der Waals surface area contributed by atoms with Gasteiger partial charge in [0.1, 0.15) is 6.67 Å². The number of hydrogen-bond donors (Lipinski definition) is 0.